The molecule has 0 spiro atoms. The van der Waals surface area contributed by atoms with Gasteiger partial charge in [0, 0.05) is 18.4 Å². The Morgan fingerprint density at radius 3 is 2.62 bits per heavy atom. The van der Waals surface area contributed by atoms with Gasteiger partial charge in [0.1, 0.15) is 17.4 Å². The second-order valence-corrected chi connectivity index (χ2v) is 5.62. The second-order valence-electron chi connectivity index (χ2n) is 5.62. The van der Waals surface area contributed by atoms with Crippen LogP contribution in [0.25, 0.3) is 0 Å². The molecule has 3 rings (SSSR count). The molecule has 24 heavy (non-hydrogen) atoms. The summed E-state index contributed by atoms with van der Waals surface area (Å²) >= 11 is 0. The molecular weight excluding hydrogens is 321 g/mol. The smallest absolute Gasteiger partial charge is 0.416 e. The number of alkyl halides is 3. The van der Waals surface area contributed by atoms with Crippen molar-refractivity contribution in [3.8, 4) is 6.07 Å². The van der Waals surface area contributed by atoms with Gasteiger partial charge in [-0.1, -0.05) is 18.2 Å². The van der Waals surface area contributed by atoms with Crippen molar-refractivity contribution < 1.29 is 22.7 Å². The first-order chi connectivity index (χ1) is 11.3. The number of ketones is 1. The number of benzene rings is 1. The molecule has 1 aromatic carbocycles. The number of Topliss-reactive ketones (excluding diaryl/α,β-unsaturated/α-hetero) is 1. The number of nitrogens with zero attached hydrogens (tertiary/aromatic N) is 1. The highest BCUT2D eigenvalue weighted by Gasteiger charge is 2.42. The molecule has 1 aliphatic carbocycles. The maximum Gasteiger partial charge on any atom is 0.416 e. The van der Waals surface area contributed by atoms with Crippen molar-refractivity contribution in [3.05, 3.63) is 58.2 Å². The predicted molar refractivity (Wildman–Crippen MR) is 78.0 cm³/mol. The van der Waals surface area contributed by atoms with Gasteiger partial charge in [-0.15, -0.1) is 0 Å². The Hall–Kier alpha value is -2.75. The lowest BCUT2D eigenvalue weighted by Gasteiger charge is -2.32. The molecule has 1 heterocycles. The lowest BCUT2D eigenvalue weighted by molar-refractivity contribution is -0.138. The normalized spacial score (nSPS) is 21.2. The van der Waals surface area contributed by atoms with Crippen LogP contribution >= 0.6 is 0 Å². The van der Waals surface area contributed by atoms with Gasteiger partial charge >= 0.3 is 6.18 Å². The number of hydrogen-bond acceptors (Lipinski definition) is 4. The van der Waals surface area contributed by atoms with Gasteiger partial charge in [-0.2, -0.15) is 18.4 Å². The SMILES string of the molecule is N#CC1=C(N)OC2=C(C(=O)CCC2)[C@@H]1c1ccccc1C(F)(F)F. The molecule has 0 unspecified atom stereocenters. The fraction of sp³-hybridized carbons (Fsp3) is 0.294. The summed E-state index contributed by atoms with van der Waals surface area (Å²) in [6.07, 6.45) is -3.44. The molecule has 1 aliphatic heterocycles. The second kappa shape index (κ2) is 5.71. The van der Waals surface area contributed by atoms with Crippen LogP contribution in [-0.4, -0.2) is 5.78 Å². The van der Waals surface area contributed by atoms with E-state index >= 15 is 0 Å². The first kappa shape index (κ1) is 16.1. The van der Waals surface area contributed by atoms with Crippen LogP contribution in [0.15, 0.2) is 47.1 Å². The zero-order valence-corrected chi connectivity index (χ0v) is 12.5. The Kier molecular flexibility index (Phi) is 3.84. The number of nitriles is 1. The van der Waals surface area contributed by atoms with E-state index in [2.05, 4.69) is 0 Å². The van der Waals surface area contributed by atoms with Crippen LogP contribution in [0.2, 0.25) is 0 Å². The van der Waals surface area contributed by atoms with Crippen molar-refractivity contribution in [2.75, 3.05) is 0 Å². The van der Waals surface area contributed by atoms with Crippen LogP contribution in [0, 0.1) is 11.3 Å². The minimum Gasteiger partial charge on any atom is -0.444 e. The molecule has 1 atom stereocenters. The summed E-state index contributed by atoms with van der Waals surface area (Å²) in [6, 6.07) is 6.73. The molecule has 0 fully saturated rings. The number of allylic oxidation sites excluding steroid dienone is 3. The molecule has 0 aromatic heterocycles. The molecule has 7 heteroatoms. The molecule has 2 N–H and O–H groups in total. The zero-order chi connectivity index (χ0) is 17.5. The van der Waals surface area contributed by atoms with Crippen molar-refractivity contribution in [2.45, 2.75) is 31.4 Å². The van der Waals surface area contributed by atoms with Gasteiger partial charge in [-0.25, -0.2) is 0 Å². The quantitative estimate of drug-likeness (QED) is 0.852. The summed E-state index contributed by atoms with van der Waals surface area (Å²) in [6.45, 7) is 0. The van der Waals surface area contributed by atoms with Crippen LogP contribution in [0.5, 0.6) is 0 Å². The predicted octanol–water partition coefficient (Wildman–Crippen LogP) is 3.52. The molecule has 0 radical (unpaired) electrons. The third-order valence-electron chi connectivity index (χ3n) is 4.18. The van der Waals surface area contributed by atoms with Gasteiger partial charge in [-0.3, -0.25) is 4.79 Å². The highest BCUT2D eigenvalue weighted by atomic mass is 19.4. The van der Waals surface area contributed by atoms with Gasteiger partial charge in [-0.05, 0) is 18.1 Å². The lowest BCUT2D eigenvalue weighted by Crippen LogP contribution is -2.28. The number of nitrogens with two attached hydrogens (primary N) is 1. The van der Waals surface area contributed by atoms with Crippen molar-refractivity contribution in [1.29, 1.82) is 5.26 Å². The van der Waals surface area contributed by atoms with Crippen LogP contribution in [0.1, 0.15) is 36.3 Å². The minimum absolute atomic E-state index is 0.115. The third-order valence-corrected chi connectivity index (χ3v) is 4.18. The van der Waals surface area contributed by atoms with Crippen LogP contribution in [0.3, 0.4) is 0 Å². The van der Waals surface area contributed by atoms with E-state index in [1.165, 1.54) is 18.2 Å². The average Bonchev–Trinajstić information content (AvgIpc) is 2.53. The van der Waals surface area contributed by atoms with Crippen molar-refractivity contribution in [3.63, 3.8) is 0 Å². The van der Waals surface area contributed by atoms with E-state index in [9.17, 15) is 23.2 Å². The summed E-state index contributed by atoms with van der Waals surface area (Å²) in [4.78, 5) is 12.3. The Labute approximate surface area is 136 Å². The zero-order valence-electron chi connectivity index (χ0n) is 12.5. The van der Waals surface area contributed by atoms with Crippen LogP contribution < -0.4 is 5.73 Å². The lowest BCUT2D eigenvalue weighted by atomic mass is 9.76. The summed E-state index contributed by atoms with van der Waals surface area (Å²) < 4.78 is 45.5. The number of hydrogen-bond donors (Lipinski definition) is 1. The first-order valence-electron chi connectivity index (χ1n) is 7.34. The Morgan fingerprint density at radius 2 is 1.96 bits per heavy atom. The highest BCUT2D eigenvalue weighted by molar-refractivity contribution is 5.99. The Morgan fingerprint density at radius 1 is 1.25 bits per heavy atom. The standard InChI is InChI=1S/C17H13F3N2O2/c18-17(19,20)11-5-2-1-4-9(11)14-10(8-21)16(22)24-13-7-3-6-12(23)15(13)14/h1-2,4-5,14H,3,6-7,22H2/t14-/m1/s1. The summed E-state index contributed by atoms with van der Waals surface area (Å²) in [5.74, 6) is -1.43. The van der Waals surface area contributed by atoms with Gasteiger partial charge in [0.2, 0.25) is 5.88 Å². The molecule has 124 valence electrons. The monoisotopic (exact) mass is 334 g/mol. The molecule has 0 bridgehead atoms. The minimum atomic E-state index is -4.61. The Balaban J connectivity index is 2.27. The summed E-state index contributed by atoms with van der Waals surface area (Å²) in [5.41, 5.74) is 4.64. The highest BCUT2D eigenvalue weighted by Crippen LogP contribution is 2.46. The molecule has 2 aliphatic rings. The number of halogens is 3. The van der Waals surface area contributed by atoms with E-state index in [1.54, 1.807) is 0 Å². The van der Waals surface area contributed by atoms with E-state index in [0.29, 0.717) is 12.8 Å². The molecule has 0 saturated heterocycles. The number of ether oxygens (including phenoxy) is 1. The van der Waals surface area contributed by atoms with E-state index in [0.717, 1.165) is 6.07 Å². The van der Waals surface area contributed by atoms with Crippen LogP contribution in [0.4, 0.5) is 13.2 Å². The maximum atomic E-state index is 13.4. The average molecular weight is 334 g/mol. The van der Waals surface area contributed by atoms with E-state index in [-0.39, 0.29) is 40.6 Å². The number of rotatable bonds is 1. The van der Waals surface area contributed by atoms with Crippen LogP contribution in [-0.2, 0) is 15.7 Å². The van der Waals surface area contributed by atoms with Crippen molar-refractivity contribution in [2.24, 2.45) is 5.73 Å². The van der Waals surface area contributed by atoms with Gasteiger partial charge in [0.25, 0.3) is 0 Å². The first-order valence-corrected chi connectivity index (χ1v) is 7.34. The van der Waals surface area contributed by atoms with Gasteiger partial charge in [0.05, 0.1) is 11.5 Å². The number of carbonyl (C=O) groups is 1. The summed E-state index contributed by atoms with van der Waals surface area (Å²) in [5, 5.41) is 9.38. The largest absolute Gasteiger partial charge is 0.444 e. The summed E-state index contributed by atoms with van der Waals surface area (Å²) in [7, 11) is 0. The fourth-order valence-corrected chi connectivity index (χ4v) is 3.17. The van der Waals surface area contributed by atoms with Gasteiger partial charge in [0.15, 0.2) is 5.78 Å². The van der Waals surface area contributed by atoms with E-state index in [1.807, 2.05) is 6.07 Å². The van der Waals surface area contributed by atoms with E-state index in [4.69, 9.17) is 10.5 Å². The van der Waals surface area contributed by atoms with Crippen molar-refractivity contribution >= 4 is 5.78 Å². The van der Waals surface area contributed by atoms with Crippen molar-refractivity contribution in [1.82, 2.24) is 0 Å². The topological polar surface area (TPSA) is 76.1 Å². The fourth-order valence-electron chi connectivity index (χ4n) is 3.17. The van der Waals surface area contributed by atoms with E-state index < -0.39 is 17.7 Å². The molecule has 4 nitrogen and oxygen atoms in total. The molecular formula is C17H13F3N2O2. The Bertz CT molecular complexity index is 816. The number of carbonyl (C=O) groups excluding carboxylic acids is 1. The molecule has 0 saturated carbocycles. The third kappa shape index (κ3) is 2.54. The van der Waals surface area contributed by atoms with Gasteiger partial charge < -0.3 is 10.5 Å². The maximum absolute atomic E-state index is 13.4. The molecule has 1 aromatic rings. The molecule has 0 amide bonds.